The van der Waals surface area contributed by atoms with E-state index in [1.807, 2.05) is 30.3 Å². The number of aliphatic imine (C=N–C) groups is 1. The minimum atomic E-state index is -0.0298. The molecule has 1 aliphatic rings. The minimum Gasteiger partial charge on any atom is -0.492 e. The highest BCUT2D eigenvalue weighted by molar-refractivity contribution is 7.16. The molecule has 0 fully saturated rings. The van der Waals surface area contributed by atoms with Gasteiger partial charge in [-0.3, -0.25) is 4.99 Å². The van der Waals surface area contributed by atoms with Gasteiger partial charge >= 0.3 is 0 Å². The second-order valence-corrected chi connectivity index (χ2v) is 7.18. The number of halogens is 2. The van der Waals surface area contributed by atoms with E-state index in [1.54, 1.807) is 24.4 Å². The van der Waals surface area contributed by atoms with E-state index in [1.165, 1.54) is 11.3 Å². The molecule has 0 saturated carbocycles. The summed E-state index contributed by atoms with van der Waals surface area (Å²) in [5.74, 6) is -0.0298. The Morgan fingerprint density at radius 1 is 1.08 bits per heavy atom. The van der Waals surface area contributed by atoms with Gasteiger partial charge in [-0.05, 0) is 30.3 Å². The van der Waals surface area contributed by atoms with Crippen LogP contribution in [-0.2, 0) is 0 Å². The van der Waals surface area contributed by atoms with Crippen molar-refractivity contribution in [1.29, 1.82) is 0 Å². The number of anilines is 2. The Labute approximate surface area is 158 Å². The number of hydrogen-bond acceptors (Lipinski definition) is 5. The van der Waals surface area contributed by atoms with Crippen LogP contribution < -0.4 is 5.32 Å². The van der Waals surface area contributed by atoms with E-state index in [9.17, 15) is 5.11 Å². The van der Waals surface area contributed by atoms with Crippen molar-refractivity contribution in [3.8, 4) is 5.88 Å². The number of fused-ring (bicyclic) bond motifs is 1. The van der Waals surface area contributed by atoms with Crippen LogP contribution in [0.15, 0.2) is 47.5 Å². The number of aromatic hydroxyl groups is 1. The lowest BCUT2D eigenvalue weighted by Gasteiger charge is -2.03. The van der Waals surface area contributed by atoms with E-state index < -0.39 is 0 Å². The molecule has 3 aromatic rings. The number of thiazole rings is 1. The van der Waals surface area contributed by atoms with Crippen molar-refractivity contribution in [2.45, 2.75) is 0 Å². The van der Waals surface area contributed by atoms with Gasteiger partial charge in [0.25, 0.3) is 0 Å². The molecule has 7 heteroatoms. The average molecular weight is 388 g/mol. The molecule has 4 nitrogen and oxygen atoms in total. The number of para-hydroxylation sites is 1. The standard InChI is InChI=1S/C18H11Cl2N3OS/c19-13-6-5-11(8-14(13)20)22-18-23-17(24)16(25-18)7-10-9-21-15-4-2-1-3-12(10)15/h1-9,24H,(H,22,23)/b10-7+. The Balaban J connectivity index is 1.62. The van der Waals surface area contributed by atoms with Gasteiger partial charge in [0.2, 0.25) is 5.88 Å². The molecule has 2 heterocycles. The zero-order valence-electron chi connectivity index (χ0n) is 12.7. The molecule has 0 radical (unpaired) electrons. The quantitative estimate of drug-likeness (QED) is 0.565. The number of nitrogens with one attached hydrogen (secondary N) is 1. The zero-order chi connectivity index (χ0) is 17.4. The van der Waals surface area contributed by atoms with Crippen molar-refractivity contribution in [2.24, 2.45) is 4.99 Å². The van der Waals surface area contributed by atoms with Gasteiger partial charge < -0.3 is 10.4 Å². The lowest BCUT2D eigenvalue weighted by molar-refractivity contribution is 0.457. The van der Waals surface area contributed by atoms with Crippen molar-refractivity contribution in [3.05, 3.63) is 63.0 Å². The van der Waals surface area contributed by atoms with Crippen molar-refractivity contribution in [1.82, 2.24) is 4.98 Å². The maximum absolute atomic E-state index is 10.1. The predicted octanol–water partition coefficient (Wildman–Crippen LogP) is 6.16. The van der Waals surface area contributed by atoms with Crippen LogP contribution in [0.2, 0.25) is 10.0 Å². The van der Waals surface area contributed by atoms with Crippen molar-refractivity contribution >= 4 is 68.9 Å². The monoisotopic (exact) mass is 387 g/mol. The van der Waals surface area contributed by atoms with Crippen molar-refractivity contribution in [2.75, 3.05) is 5.32 Å². The zero-order valence-corrected chi connectivity index (χ0v) is 15.0. The molecular weight excluding hydrogens is 377 g/mol. The molecule has 0 unspecified atom stereocenters. The molecule has 0 aliphatic carbocycles. The molecule has 2 N–H and O–H groups in total. The molecule has 1 aliphatic heterocycles. The van der Waals surface area contributed by atoms with E-state index in [0.717, 1.165) is 22.5 Å². The second-order valence-electron chi connectivity index (χ2n) is 5.34. The first-order chi connectivity index (χ1) is 12.1. The van der Waals surface area contributed by atoms with Crippen LogP contribution in [0, 0.1) is 0 Å². The van der Waals surface area contributed by atoms with Crippen LogP contribution in [0.25, 0.3) is 11.6 Å². The Bertz CT molecular complexity index is 1030. The highest BCUT2D eigenvalue weighted by Gasteiger charge is 2.14. The molecule has 2 aromatic carbocycles. The Morgan fingerprint density at radius 3 is 2.76 bits per heavy atom. The van der Waals surface area contributed by atoms with Gasteiger partial charge in [-0.2, -0.15) is 4.98 Å². The second kappa shape index (κ2) is 6.52. The van der Waals surface area contributed by atoms with Crippen LogP contribution in [0.5, 0.6) is 5.88 Å². The lowest BCUT2D eigenvalue weighted by atomic mass is 10.1. The first-order valence-corrected chi connectivity index (χ1v) is 8.94. The third-order valence-corrected chi connectivity index (χ3v) is 5.30. The summed E-state index contributed by atoms with van der Waals surface area (Å²) in [6.45, 7) is 0. The van der Waals surface area contributed by atoms with Gasteiger partial charge in [-0.15, -0.1) is 0 Å². The summed E-state index contributed by atoms with van der Waals surface area (Å²) in [6.07, 6.45) is 3.66. The number of nitrogens with zero attached hydrogens (tertiary/aromatic N) is 2. The number of benzene rings is 2. The summed E-state index contributed by atoms with van der Waals surface area (Å²) < 4.78 is 0. The minimum absolute atomic E-state index is 0.0298. The summed E-state index contributed by atoms with van der Waals surface area (Å²) in [7, 11) is 0. The molecule has 124 valence electrons. The van der Waals surface area contributed by atoms with Crippen LogP contribution in [0.3, 0.4) is 0 Å². The smallest absolute Gasteiger partial charge is 0.231 e. The van der Waals surface area contributed by atoms with Crippen LogP contribution in [-0.4, -0.2) is 16.3 Å². The number of hydrogen-bond donors (Lipinski definition) is 2. The van der Waals surface area contributed by atoms with E-state index in [4.69, 9.17) is 23.2 Å². The first kappa shape index (κ1) is 16.1. The fourth-order valence-electron chi connectivity index (χ4n) is 2.46. The molecule has 25 heavy (non-hydrogen) atoms. The largest absolute Gasteiger partial charge is 0.492 e. The molecule has 0 atom stereocenters. The number of rotatable bonds is 3. The van der Waals surface area contributed by atoms with E-state index >= 15 is 0 Å². The van der Waals surface area contributed by atoms with E-state index in [-0.39, 0.29) is 5.88 Å². The van der Waals surface area contributed by atoms with Crippen LogP contribution in [0.4, 0.5) is 16.5 Å². The normalized spacial score (nSPS) is 14.1. The van der Waals surface area contributed by atoms with Crippen LogP contribution in [0.1, 0.15) is 10.4 Å². The van der Waals surface area contributed by atoms with E-state index in [2.05, 4.69) is 15.3 Å². The Hall–Kier alpha value is -2.34. The van der Waals surface area contributed by atoms with Gasteiger partial charge in [0.05, 0.1) is 20.6 Å². The molecule has 0 saturated heterocycles. The maximum Gasteiger partial charge on any atom is 0.231 e. The molecule has 1 aromatic heterocycles. The van der Waals surface area contributed by atoms with Crippen molar-refractivity contribution in [3.63, 3.8) is 0 Å². The highest BCUT2D eigenvalue weighted by atomic mass is 35.5. The highest BCUT2D eigenvalue weighted by Crippen LogP contribution is 2.37. The summed E-state index contributed by atoms with van der Waals surface area (Å²) in [5, 5.41) is 14.8. The van der Waals surface area contributed by atoms with Gasteiger partial charge in [0.15, 0.2) is 5.13 Å². The summed E-state index contributed by atoms with van der Waals surface area (Å²) in [6, 6.07) is 13.1. The van der Waals surface area contributed by atoms with Gasteiger partial charge in [0.1, 0.15) is 0 Å². The summed E-state index contributed by atoms with van der Waals surface area (Å²) in [4.78, 5) is 9.17. The molecule has 0 bridgehead atoms. The third-order valence-electron chi connectivity index (χ3n) is 3.65. The van der Waals surface area contributed by atoms with Gasteiger partial charge in [0, 0.05) is 23.0 Å². The van der Waals surface area contributed by atoms with Crippen LogP contribution >= 0.6 is 34.5 Å². The fraction of sp³-hybridized carbons (Fsp3) is 0. The SMILES string of the molecule is Oc1nc(Nc2ccc(Cl)c(Cl)c2)sc1/C=C1\C=Nc2ccccc21. The molecule has 4 rings (SSSR count). The summed E-state index contributed by atoms with van der Waals surface area (Å²) >= 11 is 13.3. The first-order valence-electron chi connectivity index (χ1n) is 7.37. The third kappa shape index (κ3) is 3.26. The summed E-state index contributed by atoms with van der Waals surface area (Å²) in [5.41, 5.74) is 3.65. The Kier molecular flexibility index (Phi) is 4.21. The lowest BCUT2D eigenvalue weighted by Crippen LogP contribution is -1.88. The number of aromatic nitrogens is 1. The molecular formula is C18H11Cl2N3OS. The number of allylic oxidation sites excluding steroid dienone is 1. The van der Waals surface area contributed by atoms with Gasteiger partial charge in [-0.1, -0.05) is 52.7 Å². The molecule has 0 amide bonds. The molecule has 0 spiro atoms. The predicted molar refractivity (Wildman–Crippen MR) is 106 cm³/mol. The topological polar surface area (TPSA) is 57.5 Å². The van der Waals surface area contributed by atoms with Gasteiger partial charge in [-0.25, -0.2) is 0 Å². The maximum atomic E-state index is 10.1. The Morgan fingerprint density at radius 2 is 1.92 bits per heavy atom. The fourth-order valence-corrected chi connectivity index (χ4v) is 3.59. The van der Waals surface area contributed by atoms with E-state index in [0.29, 0.717) is 20.1 Å². The van der Waals surface area contributed by atoms with Crippen molar-refractivity contribution < 1.29 is 5.11 Å². The average Bonchev–Trinajstić information content (AvgIpc) is 3.16.